The number of hydrogen-bond acceptors (Lipinski definition) is 16. The number of carbonyl (C=O) groups excluding carboxylic acids is 6. The average molecular weight is 884 g/mol. The second-order valence-corrected chi connectivity index (χ2v) is 13.2. The molecule has 1 unspecified atom stereocenters. The van der Waals surface area contributed by atoms with Gasteiger partial charge in [0.1, 0.15) is 24.7 Å². The van der Waals surface area contributed by atoms with Gasteiger partial charge in [0.05, 0.1) is 37.9 Å². The van der Waals surface area contributed by atoms with Gasteiger partial charge in [-0.3, -0.25) is 53.1 Å². The van der Waals surface area contributed by atoms with Gasteiger partial charge in [-0.05, 0) is 43.5 Å². The van der Waals surface area contributed by atoms with Gasteiger partial charge in [-0.15, -0.1) is 0 Å². The van der Waals surface area contributed by atoms with Crippen molar-refractivity contribution in [3.63, 3.8) is 0 Å². The van der Waals surface area contributed by atoms with Gasteiger partial charge in [-0.25, -0.2) is 14.8 Å². The van der Waals surface area contributed by atoms with Gasteiger partial charge in [0.15, 0.2) is 17.1 Å². The van der Waals surface area contributed by atoms with Crippen molar-refractivity contribution in [2.45, 2.75) is 56.8 Å². The number of nitrogens with one attached hydrogen (secondary N) is 8. The Morgan fingerprint density at radius 1 is 0.746 bits per heavy atom. The first-order valence-electron chi connectivity index (χ1n) is 18.6. The van der Waals surface area contributed by atoms with E-state index in [2.05, 4.69) is 56.8 Å². The smallest absolute Gasteiger partial charge is 0.326 e. The van der Waals surface area contributed by atoms with Crippen LogP contribution in [0.25, 0.3) is 11.2 Å². The molecule has 3 atom stereocenters. The number of carbonyl (C=O) groups is 9. The number of fused-ring (bicyclic) bond motifs is 1. The third-order valence-corrected chi connectivity index (χ3v) is 8.28. The number of amides is 6. The van der Waals surface area contributed by atoms with Crippen molar-refractivity contribution in [3.8, 4) is 0 Å². The van der Waals surface area contributed by atoms with Crippen molar-refractivity contribution in [1.82, 2.24) is 51.8 Å². The molecule has 28 nitrogen and oxygen atoms in total. The van der Waals surface area contributed by atoms with Gasteiger partial charge in [-0.1, -0.05) is 0 Å². The topological polar surface area (TPSA) is 460 Å². The molecule has 0 fully saturated rings. The van der Waals surface area contributed by atoms with E-state index in [0.717, 1.165) is 0 Å². The number of carboxylic acids is 3. The third-order valence-electron chi connectivity index (χ3n) is 8.28. The van der Waals surface area contributed by atoms with Crippen LogP contribution in [-0.4, -0.2) is 139 Å². The van der Waals surface area contributed by atoms with Crippen LogP contribution in [0.1, 0.15) is 48.2 Å². The summed E-state index contributed by atoms with van der Waals surface area (Å²) in [5.74, 6) is -10.2. The molecule has 6 amide bonds. The Morgan fingerprint density at radius 3 is 2.02 bits per heavy atom. The van der Waals surface area contributed by atoms with Crippen LogP contribution in [-0.2, 0) is 44.9 Å². The van der Waals surface area contributed by atoms with E-state index in [1.54, 1.807) is 0 Å². The average Bonchev–Trinajstić information content (AvgIpc) is 3.22. The Hall–Kier alpha value is -8.46. The van der Waals surface area contributed by atoms with Gasteiger partial charge in [0.2, 0.25) is 35.5 Å². The minimum atomic E-state index is -1.69. The zero-order chi connectivity index (χ0) is 46.6. The maximum Gasteiger partial charge on any atom is 0.326 e. The van der Waals surface area contributed by atoms with E-state index in [1.807, 2.05) is 5.32 Å². The third kappa shape index (κ3) is 17.3. The van der Waals surface area contributed by atoms with Gasteiger partial charge in [0.25, 0.3) is 11.5 Å². The minimum Gasteiger partial charge on any atom is -0.481 e. The van der Waals surface area contributed by atoms with Crippen molar-refractivity contribution in [2.75, 3.05) is 37.2 Å². The number of guanidine groups is 1. The largest absolute Gasteiger partial charge is 0.481 e. The zero-order valence-corrected chi connectivity index (χ0v) is 33.1. The summed E-state index contributed by atoms with van der Waals surface area (Å²) in [7, 11) is 0. The molecule has 3 aromatic rings. The van der Waals surface area contributed by atoms with Crippen LogP contribution < -0.4 is 60.0 Å². The van der Waals surface area contributed by atoms with E-state index < -0.39 is 110 Å². The van der Waals surface area contributed by atoms with Gasteiger partial charge >= 0.3 is 17.9 Å². The lowest BCUT2D eigenvalue weighted by atomic mass is 10.1. The molecule has 0 saturated heterocycles. The summed E-state index contributed by atoms with van der Waals surface area (Å²) in [6.07, 6.45) is -0.270. The van der Waals surface area contributed by atoms with E-state index in [9.17, 15) is 53.1 Å². The van der Waals surface area contributed by atoms with Crippen molar-refractivity contribution in [1.29, 1.82) is 0 Å². The monoisotopic (exact) mass is 883 g/mol. The highest BCUT2D eigenvalue weighted by molar-refractivity contribution is 5.97. The normalized spacial score (nSPS) is 12.0. The number of nitrogens with two attached hydrogens (primary N) is 3. The number of aromatic amines is 1. The highest BCUT2D eigenvalue weighted by Gasteiger charge is 2.26. The molecule has 17 N–H and O–H groups in total. The van der Waals surface area contributed by atoms with Crippen molar-refractivity contribution < 1.29 is 58.5 Å². The van der Waals surface area contributed by atoms with E-state index in [1.165, 1.54) is 30.5 Å². The quantitative estimate of drug-likeness (QED) is 0.0215. The first-order chi connectivity index (χ1) is 29.8. The predicted octanol–water partition coefficient (Wildman–Crippen LogP) is -5.20. The molecule has 3 rings (SSSR count). The summed E-state index contributed by atoms with van der Waals surface area (Å²) in [6.45, 7) is -2.15. The Bertz CT molecular complexity index is 2280. The van der Waals surface area contributed by atoms with Crippen LogP contribution >= 0.6 is 0 Å². The van der Waals surface area contributed by atoms with Gasteiger partial charge in [-0.2, -0.15) is 4.98 Å². The predicted molar refractivity (Wildman–Crippen MR) is 217 cm³/mol. The molecule has 0 radical (unpaired) electrons. The lowest BCUT2D eigenvalue weighted by Gasteiger charge is -2.20. The molecule has 1 aromatic carbocycles. The molecule has 0 saturated carbocycles. The summed E-state index contributed by atoms with van der Waals surface area (Å²) in [6, 6.07) is 1.39. The number of anilines is 2. The Morgan fingerprint density at radius 2 is 1.38 bits per heavy atom. The van der Waals surface area contributed by atoms with Crippen LogP contribution in [0, 0.1) is 0 Å². The first kappa shape index (κ1) is 48.9. The second kappa shape index (κ2) is 24.0. The molecule has 0 bridgehead atoms. The Balaban J connectivity index is 1.49. The molecule has 0 spiro atoms. The number of carboxylic acid groups (broad SMARTS) is 3. The van der Waals surface area contributed by atoms with Crippen molar-refractivity contribution >= 4 is 82.1 Å². The van der Waals surface area contributed by atoms with Crippen LogP contribution in [0.2, 0.25) is 0 Å². The van der Waals surface area contributed by atoms with Crippen molar-refractivity contribution in [2.24, 2.45) is 16.5 Å². The Labute approximate surface area is 354 Å². The molecule has 338 valence electrons. The van der Waals surface area contributed by atoms with Crippen LogP contribution in [0.3, 0.4) is 0 Å². The van der Waals surface area contributed by atoms with Crippen LogP contribution in [0.15, 0.2) is 40.2 Å². The summed E-state index contributed by atoms with van der Waals surface area (Å²) in [5, 5.41) is 43.8. The van der Waals surface area contributed by atoms with Crippen LogP contribution in [0.4, 0.5) is 11.6 Å². The zero-order valence-electron chi connectivity index (χ0n) is 33.1. The first-order valence-corrected chi connectivity index (χ1v) is 18.6. The summed E-state index contributed by atoms with van der Waals surface area (Å²) in [5.41, 5.74) is 16.7. The molecule has 2 aromatic heterocycles. The summed E-state index contributed by atoms with van der Waals surface area (Å²) in [4.78, 5) is 140. The maximum absolute atomic E-state index is 13.0. The highest BCUT2D eigenvalue weighted by atomic mass is 16.4. The molecule has 0 aliphatic heterocycles. The molecule has 0 aliphatic carbocycles. The fraction of sp³-hybridized carbons (Fsp3) is 0.371. The summed E-state index contributed by atoms with van der Waals surface area (Å²) < 4.78 is 0. The lowest BCUT2D eigenvalue weighted by molar-refractivity contribution is -0.141. The number of H-pyrrole nitrogens is 1. The summed E-state index contributed by atoms with van der Waals surface area (Å²) >= 11 is 0. The molecular weight excluding hydrogens is 838 g/mol. The number of hydrogen-bond donors (Lipinski definition) is 14. The molecule has 28 heteroatoms. The molecular formula is C35H45N15O13. The number of rotatable bonds is 25. The van der Waals surface area contributed by atoms with E-state index in [-0.39, 0.29) is 61.0 Å². The minimum absolute atomic E-state index is 0.00412. The second-order valence-electron chi connectivity index (χ2n) is 13.2. The van der Waals surface area contributed by atoms with Gasteiger partial charge < -0.3 is 69.7 Å². The molecule has 2 heterocycles. The number of benzene rings is 1. The Kier molecular flexibility index (Phi) is 18.6. The SMILES string of the molecule is NC(N)=NCCC[C@H](NC(=O)CNC(=O)CC[C@H](NC(=O)c1ccc(NCc2cnc3nc(N)[nH]c(=O)c3n2)cc1)C(=O)O)C(=O)NCC(=O)NC(CC(=O)O)C(=O)NCC(=O)O. The maximum atomic E-state index is 13.0. The van der Waals surface area contributed by atoms with Crippen molar-refractivity contribution in [3.05, 3.63) is 52.1 Å². The molecule has 63 heavy (non-hydrogen) atoms. The van der Waals surface area contributed by atoms with E-state index in [4.69, 9.17) is 27.4 Å². The number of nitrogen functional groups attached to an aromatic ring is 1. The standard InChI is InChI=1S/C35H45N15O13/c36-34(37)39-9-1-2-19(30(59)43-14-24(53)47-21(10-25(54)55)31(60)44-15-26(56)57)46-23(52)13-41-22(51)8-7-20(33(62)63)48-29(58)16-3-5-17(6-4-16)40-11-18-12-42-28-27(45-18)32(61)50-35(38)49-28/h3-6,12,19-21,40H,1-2,7-11,13-15H2,(H,41,51)(H,43,59)(H,44,60)(H,46,52)(H,47,53)(H,48,58)(H,54,55)(H,56,57)(H,62,63)(H4,36,37,39)(H3,38,42,49,50,61)/t19-,20-,21?/m0/s1. The molecule has 0 aliphatic rings. The number of nitrogens with zero attached hydrogens (tertiary/aromatic N) is 4. The lowest BCUT2D eigenvalue weighted by Crippen LogP contribution is -2.53. The number of aliphatic imine (C=N–C) groups is 1. The van der Waals surface area contributed by atoms with Crippen LogP contribution in [0.5, 0.6) is 0 Å². The number of aromatic nitrogens is 4. The highest BCUT2D eigenvalue weighted by Crippen LogP contribution is 2.12. The fourth-order valence-corrected chi connectivity index (χ4v) is 5.25. The number of aliphatic carboxylic acids is 3. The van der Waals surface area contributed by atoms with E-state index >= 15 is 0 Å². The van der Waals surface area contributed by atoms with Gasteiger partial charge in [0, 0.05) is 24.2 Å². The fourth-order valence-electron chi connectivity index (χ4n) is 5.25. The van der Waals surface area contributed by atoms with E-state index in [0.29, 0.717) is 11.4 Å².